The number of hydrogen-bond acceptors (Lipinski definition) is 7. The van der Waals surface area contributed by atoms with E-state index in [1.165, 1.54) is 29.2 Å². The lowest BCUT2D eigenvalue weighted by molar-refractivity contribution is -0.149. The summed E-state index contributed by atoms with van der Waals surface area (Å²) in [6.45, 7) is 1.79. The quantitative estimate of drug-likeness (QED) is 0.268. The molecule has 1 heterocycles. The molecule has 2 aromatic carbocycles. The number of carboxylic acids is 1. The maximum absolute atomic E-state index is 13.0. The number of phenolic OH excluding ortho intramolecular Hbond substituents is 1. The average Bonchev–Trinajstić information content (AvgIpc) is 3.32. The summed E-state index contributed by atoms with van der Waals surface area (Å²) in [5, 5.41) is 21.1. The lowest BCUT2D eigenvalue weighted by Crippen LogP contribution is -2.47. The molecular weight excluding hydrogens is 518 g/mol. The summed E-state index contributed by atoms with van der Waals surface area (Å²) < 4.78 is 26.9. The third-order valence-corrected chi connectivity index (χ3v) is 8.03. The van der Waals surface area contributed by atoms with Gasteiger partial charge in [-0.2, -0.15) is 12.6 Å². The van der Waals surface area contributed by atoms with E-state index in [1.807, 2.05) is 6.92 Å². The lowest BCUT2D eigenvalue weighted by atomic mass is 10.0. The van der Waals surface area contributed by atoms with Crippen LogP contribution in [0.5, 0.6) is 5.75 Å². The molecular formula is C25H31N3O7S2. The number of phenols is 1. The average molecular weight is 550 g/mol. The molecule has 2 aromatic rings. The number of thiol groups is 1. The highest BCUT2D eigenvalue weighted by molar-refractivity contribution is 7.89. The van der Waals surface area contributed by atoms with Gasteiger partial charge in [0.1, 0.15) is 11.8 Å². The summed E-state index contributed by atoms with van der Waals surface area (Å²) in [5.41, 5.74) is 1.30. The molecule has 3 atom stereocenters. The number of amides is 2. The molecule has 200 valence electrons. The Kier molecular flexibility index (Phi) is 9.57. The van der Waals surface area contributed by atoms with E-state index in [1.54, 1.807) is 24.3 Å². The lowest BCUT2D eigenvalue weighted by Gasteiger charge is -2.29. The molecule has 3 unspecified atom stereocenters. The van der Waals surface area contributed by atoms with Crippen LogP contribution in [0.15, 0.2) is 53.4 Å². The molecule has 1 aliphatic rings. The molecule has 0 spiro atoms. The number of sulfonamides is 1. The predicted molar refractivity (Wildman–Crippen MR) is 140 cm³/mol. The number of rotatable bonds is 11. The molecule has 1 fully saturated rings. The summed E-state index contributed by atoms with van der Waals surface area (Å²) in [5.74, 6) is -2.19. The van der Waals surface area contributed by atoms with Gasteiger partial charge in [-0.3, -0.25) is 9.59 Å². The first-order chi connectivity index (χ1) is 17.5. The maximum Gasteiger partial charge on any atom is 0.326 e. The zero-order chi connectivity index (χ0) is 27.2. The van der Waals surface area contributed by atoms with Crippen molar-refractivity contribution < 1.29 is 33.0 Å². The van der Waals surface area contributed by atoms with E-state index in [0.29, 0.717) is 30.5 Å². The summed E-state index contributed by atoms with van der Waals surface area (Å²) in [6.07, 6.45) is 1.53. The van der Waals surface area contributed by atoms with Gasteiger partial charge in [0.15, 0.2) is 0 Å². The fraction of sp³-hybridized carbons (Fsp3) is 0.400. The number of hydrogen-bond donors (Lipinski definition) is 5. The number of aliphatic carboxylic acids is 1. The van der Waals surface area contributed by atoms with Crippen molar-refractivity contribution in [3.05, 3.63) is 59.7 Å². The molecule has 3 rings (SSSR count). The molecule has 0 aromatic heterocycles. The first-order valence-electron chi connectivity index (χ1n) is 11.9. The number of nitrogens with zero attached hydrogens (tertiary/aromatic N) is 1. The van der Waals surface area contributed by atoms with Gasteiger partial charge in [-0.25, -0.2) is 17.9 Å². The van der Waals surface area contributed by atoms with Gasteiger partial charge in [-0.15, -0.1) is 0 Å². The molecule has 1 saturated heterocycles. The SMILES string of the molecule is CCCNS(=O)(=O)c1ccc(CC(S)C(=O)NCC(=O)N2C(C(=O)O)CCC2c2cccc(O)c2)cc1. The van der Waals surface area contributed by atoms with E-state index in [-0.39, 0.29) is 23.5 Å². The highest BCUT2D eigenvalue weighted by Gasteiger charge is 2.41. The molecule has 10 nitrogen and oxygen atoms in total. The van der Waals surface area contributed by atoms with E-state index in [2.05, 4.69) is 22.7 Å². The van der Waals surface area contributed by atoms with Crippen LogP contribution in [0.25, 0.3) is 0 Å². The Morgan fingerprint density at radius 2 is 1.84 bits per heavy atom. The molecule has 0 aliphatic carbocycles. The van der Waals surface area contributed by atoms with Crippen molar-refractivity contribution >= 4 is 40.4 Å². The van der Waals surface area contributed by atoms with Crippen LogP contribution in [0.3, 0.4) is 0 Å². The standard InChI is InChI=1S/C25H31N3O7S2/c1-2-12-27-37(34,35)19-8-6-16(7-9-19)13-22(36)24(31)26-15-23(30)28-20(10-11-21(28)25(32)33)17-4-3-5-18(29)14-17/h3-9,14,20-22,27,29,36H,2,10-13,15H2,1H3,(H,26,31)(H,32,33). The van der Waals surface area contributed by atoms with Crippen LogP contribution in [0.1, 0.15) is 43.4 Å². The van der Waals surface area contributed by atoms with Crippen LogP contribution in [-0.2, 0) is 30.8 Å². The number of aromatic hydroxyl groups is 1. The van der Waals surface area contributed by atoms with Gasteiger partial charge in [-0.05, 0) is 61.1 Å². The van der Waals surface area contributed by atoms with E-state index < -0.39 is 51.7 Å². The maximum atomic E-state index is 13.0. The second-order valence-electron chi connectivity index (χ2n) is 8.82. The summed E-state index contributed by atoms with van der Waals surface area (Å²) in [6, 6.07) is 10.9. The number of benzene rings is 2. The molecule has 37 heavy (non-hydrogen) atoms. The third kappa shape index (κ3) is 7.24. The van der Waals surface area contributed by atoms with Gasteiger partial charge in [0.2, 0.25) is 21.8 Å². The first-order valence-corrected chi connectivity index (χ1v) is 13.9. The fourth-order valence-corrected chi connectivity index (χ4v) is 5.71. The highest BCUT2D eigenvalue weighted by atomic mass is 32.2. The van der Waals surface area contributed by atoms with Crippen LogP contribution in [0.4, 0.5) is 0 Å². The van der Waals surface area contributed by atoms with E-state index in [0.717, 1.165) is 0 Å². The molecule has 4 N–H and O–H groups in total. The summed E-state index contributed by atoms with van der Waals surface area (Å²) in [4.78, 5) is 38.8. The van der Waals surface area contributed by atoms with E-state index in [4.69, 9.17) is 0 Å². The van der Waals surface area contributed by atoms with E-state index >= 15 is 0 Å². The van der Waals surface area contributed by atoms with Gasteiger partial charge in [0, 0.05) is 6.54 Å². The monoisotopic (exact) mass is 549 g/mol. The van der Waals surface area contributed by atoms with Crippen molar-refractivity contribution in [2.45, 2.75) is 54.8 Å². The van der Waals surface area contributed by atoms with Crippen LogP contribution >= 0.6 is 12.6 Å². The van der Waals surface area contributed by atoms with Crippen molar-refractivity contribution in [3.8, 4) is 5.75 Å². The molecule has 0 bridgehead atoms. The van der Waals surface area contributed by atoms with Crippen molar-refractivity contribution in [1.29, 1.82) is 0 Å². The number of likely N-dealkylation sites (tertiary alicyclic amines) is 1. The Balaban J connectivity index is 1.61. The largest absolute Gasteiger partial charge is 0.508 e. The normalized spacial score (nSPS) is 18.4. The number of carbonyl (C=O) groups is 3. The highest BCUT2D eigenvalue weighted by Crippen LogP contribution is 2.37. The van der Waals surface area contributed by atoms with Crippen LogP contribution in [0.2, 0.25) is 0 Å². The fourth-order valence-electron chi connectivity index (χ4n) is 4.27. The molecule has 1 aliphatic heterocycles. The Morgan fingerprint density at radius 1 is 1.14 bits per heavy atom. The minimum Gasteiger partial charge on any atom is -0.508 e. The zero-order valence-corrected chi connectivity index (χ0v) is 22.0. The minimum absolute atomic E-state index is 0.0118. The van der Waals surface area contributed by atoms with Crippen molar-refractivity contribution in [2.75, 3.05) is 13.1 Å². The van der Waals surface area contributed by atoms with E-state index in [9.17, 15) is 33.0 Å². The van der Waals surface area contributed by atoms with Crippen LogP contribution < -0.4 is 10.0 Å². The zero-order valence-electron chi connectivity index (χ0n) is 20.3. The van der Waals surface area contributed by atoms with Gasteiger partial charge in [0.25, 0.3) is 0 Å². The number of carboxylic acid groups (broad SMARTS) is 1. The van der Waals surface area contributed by atoms with Crippen LogP contribution in [0, 0.1) is 0 Å². The van der Waals surface area contributed by atoms with Gasteiger partial charge >= 0.3 is 5.97 Å². The van der Waals surface area contributed by atoms with Crippen molar-refractivity contribution in [3.63, 3.8) is 0 Å². The third-order valence-electron chi connectivity index (χ3n) is 6.13. The summed E-state index contributed by atoms with van der Waals surface area (Å²) >= 11 is 4.32. The second-order valence-corrected chi connectivity index (χ2v) is 11.2. The van der Waals surface area contributed by atoms with Gasteiger partial charge < -0.3 is 20.4 Å². The van der Waals surface area contributed by atoms with Gasteiger partial charge in [0.05, 0.1) is 22.7 Å². The van der Waals surface area contributed by atoms with Crippen LogP contribution in [-0.4, -0.2) is 65.7 Å². The molecule has 2 amide bonds. The smallest absolute Gasteiger partial charge is 0.326 e. The second kappa shape index (κ2) is 12.4. The Bertz CT molecular complexity index is 1240. The predicted octanol–water partition coefficient (Wildman–Crippen LogP) is 1.85. The first kappa shape index (κ1) is 28.5. The Labute approximate surface area is 221 Å². The minimum atomic E-state index is -3.59. The molecule has 12 heteroatoms. The summed E-state index contributed by atoms with van der Waals surface area (Å²) in [7, 11) is -3.59. The topological polar surface area (TPSA) is 153 Å². The molecule has 0 saturated carbocycles. The number of carbonyl (C=O) groups excluding carboxylic acids is 2. The Hall–Kier alpha value is -3.09. The molecule has 0 radical (unpaired) electrons. The number of nitrogens with one attached hydrogen (secondary N) is 2. The van der Waals surface area contributed by atoms with Crippen molar-refractivity contribution in [1.82, 2.24) is 14.9 Å². The van der Waals surface area contributed by atoms with Crippen molar-refractivity contribution in [2.24, 2.45) is 0 Å². The Morgan fingerprint density at radius 3 is 2.46 bits per heavy atom. The van der Waals surface area contributed by atoms with Gasteiger partial charge in [-0.1, -0.05) is 31.2 Å².